The highest BCUT2D eigenvalue weighted by atomic mass is 33.1. The molecule has 0 spiro atoms. The molecular weight excluding hydrogens is 967 g/mol. The maximum Gasteiger partial charge on any atom is 0.305 e. The molecule has 17 N–H and O–H groups in total. The molecule has 8 unspecified atom stereocenters. The Bertz CT molecular complexity index is 1980. The van der Waals surface area contributed by atoms with E-state index >= 15 is 0 Å². The van der Waals surface area contributed by atoms with Crippen molar-refractivity contribution in [2.24, 2.45) is 29.0 Å². The minimum absolute atomic E-state index is 0.0907. The first kappa shape index (κ1) is 61.3. The summed E-state index contributed by atoms with van der Waals surface area (Å²) in [6.45, 7) is 7.43. The van der Waals surface area contributed by atoms with E-state index in [1.807, 2.05) is 0 Å². The molecule has 0 aromatic heterocycles. The number of carboxylic acids is 1. The smallest absolute Gasteiger partial charge is 0.305 e. The Balaban J connectivity index is 3.71. The zero-order valence-corrected chi connectivity index (χ0v) is 41.2. The maximum absolute atomic E-state index is 13.8. The van der Waals surface area contributed by atoms with Crippen molar-refractivity contribution >= 4 is 104 Å². The Morgan fingerprint density at radius 2 is 1.04 bits per heavy atom. The summed E-state index contributed by atoms with van der Waals surface area (Å²) in [5.74, 6) is -15.2. The highest BCUT2D eigenvalue weighted by molar-refractivity contribution is 8.76. The van der Waals surface area contributed by atoms with Crippen LogP contribution in [0.15, 0.2) is 0 Å². The van der Waals surface area contributed by atoms with Crippen LogP contribution in [0.1, 0.15) is 80.1 Å². The number of carboxylic acid groups (broad SMARTS) is 1. The lowest BCUT2D eigenvalue weighted by atomic mass is 10.0. The van der Waals surface area contributed by atoms with Crippen LogP contribution in [0.3, 0.4) is 0 Å². The van der Waals surface area contributed by atoms with E-state index in [4.69, 9.17) is 17.2 Å². The van der Waals surface area contributed by atoms with E-state index < -0.39 is 170 Å². The van der Waals surface area contributed by atoms with E-state index in [9.17, 15) is 72.2 Å². The average molecular weight is 1030 g/mol. The molecule has 1 aliphatic rings. The van der Waals surface area contributed by atoms with E-state index in [-0.39, 0.29) is 36.2 Å². The van der Waals surface area contributed by atoms with Crippen molar-refractivity contribution in [3.05, 3.63) is 0 Å². The van der Waals surface area contributed by atoms with Gasteiger partial charge in [-0.1, -0.05) is 49.3 Å². The van der Waals surface area contributed by atoms with Crippen LogP contribution in [0.4, 0.5) is 0 Å². The van der Waals surface area contributed by atoms with Gasteiger partial charge in [0.25, 0.3) is 0 Å². The minimum Gasteiger partial charge on any atom is -0.481 e. The summed E-state index contributed by atoms with van der Waals surface area (Å²) in [5.41, 5.74) is 16.1. The number of hydrogen-bond acceptors (Lipinski definition) is 16. The Kier molecular flexibility index (Phi) is 26.9. The summed E-state index contributed by atoms with van der Waals surface area (Å²) in [4.78, 5) is 180. The molecule has 0 bridgehead atoms. The fraction of sp³-hybridized carbons (Fsp3) is 0.650. The fourth-order valence-corrected chi connectivity index (χ4v) is 8.52. The Morgan fingerprint density at radius 3 is 1.54 bits per heavy atom. The third-order valence-electron chi connectivity index (χ3n) is 9.59. The molecule has 28 nitrogen and oxygen atoms in total. The monoisotopic (exact) mass is 1030 g/mol. The van der Waals surface area contributed by atoms with Crippen molar-refractivity contribution in [2.45, 2.75) is 128 Å². The molecule has 1 saturated heterocycles. The molecule has 70 heavy (non-hydrogen) atoms. The van der Waals surface area contributed by atoms with Gasteiger partial charge in [-0.05, 0) is 38.0 Å². The van der Waals surface area contributed by atoms with Crippen LogP contribution in [0.2, 0.25) is 0 Å². The SMILES string of the molecule is CC(=O)NC1CSSCC(C(N)=O)NC(=O)CNC(=O)C(CC(N)=O)NC(=O)C(C)NC(=O)C(CC(C)C)NC(=O)C(CC(=O)O)NC(=O)C(CC(C)C)NC(=O)C(CCC(N)=O)NC(=O)CNC1=O. The lowest BCUT2D eigenvalue weighted by molar-refractivity contribution is -0.142. The van der Waals surface area contributed by atoms with Crippen molar-refractivity contribution in [1.82, 2.24) is 53.2 Å². The van der Waals surface area contributed by atoms with E-state index in [1.54, 1.807) is 27.7 Å². The zero-order chi connectivity index (χ0) is 53.4. The number of primary amides is 3. The fourth-order valence-electron chi connectivity index (χ4n) is 6.18. The van der Waals surface area contributed by atoms with Gasteiger partial charge in [0, 0.05) is 24.9 Å². The first-order valence-corrected chi connectivity index (χ1v) is 24.3. The number of nitrogens with one attached hydrogen (secondary N) is 10. The summed E-state index contributed by atoms with van der Waals surface area (Å²) in [6.07, 6.45) is -2.82. The third-order valence-corrected chi connectivity index (χ3v) is 12.0. The van der Waals surface area contributed by atoms with Crippen LogP contribution in [-0.4, -0.2) is 161 Å². The number of hydrogen-bond donors (Lipinski definition) is 14. The molecule has 0 radical (unpaired) electrons. The van der Waals surface area contributed by atoms with Gasteiger partial charge in [0.15, 0.2) is 0 Å². The predicted octanol–water partition coefficient (Wildman–Crippen LogP) is -6.27. The molecule has 13 amide bonds. The van der Waals surface area contributed by atoms with Gasteiger partial charge < -0.3 is 75.5 Å². The average Bonchev–Trinajstić information content (AvgIpc) is 3.24. The number of carbonyl (C=O) groups excluding carboxylic acids is 13. The number of rotatable bonds is 13. The molecule has 30 heteroatoms. The summed E-state index contributed by atoms with van der Waals surface area (Å²) < 4.78 is 0. The molecule has 1 aliphatic heterocycles. The molecule has 392 valence electrons. The minimum atomic E-state index is -1.86. The molecular formula is C40H65N13O15S2. The summed E-state index contributed by atoms with van der Waals surface area (Å²) in [7, 11) is 1.89. The first-order valence-electron chi connectivity index (χ1n) is 21.8. The Labute approximate surface area is 410 Å². The second-order valence-corrected chi connectivity index (χ2v) is 19.5. The quantitative estimate of drug-likeness (QED) is 0.0763. The summed E-state index contributed by atoms with van der Waals surface area (Å²) >= 11 is 0. The molecule has 1 heterocycles. The summed E-state index contributed by atoms with van der Waals surface area (Å²) in [6, 6.07) is -12.1. The van der Waals surface area contributed by atoms with Gasteiger partial charge in [-0.25, -0.2) is 0 Å². The largest absolute Gasteiger partial charge is 0.481 e. The number of carbonyl (C=O) groups is 14. The van der Waals surface area contributed by atoms with Crippen LogP contribution >= 0.6 is 21.6 Å². The maximum atomic E-state index is 13.8. The van der Waals surface area contributed by atoms with Gasteiger partial charge in [0.1, 0.15) is 48.3 Å². The van der Waals surface area contributed by atoms with Crippen LogP contribution < -0.4 is 70.4 Å². The van der Waals surface area contributed by atoms with Gasteiger partial charge >= 0.3 is 5.97 Å². The number of amides is 13. The third kappa shape index (κ3) is 24.5. The van der Waals surface area contributed by atoms with E-state index in [0.29, 0.717) is 0 Å². The van der Waals surface area contributed by atoms with Gasteiger partial charge in [-0.2, -0.15) is 0 Å². The molecule has 1 rings (SSSR count). The van der Waals surface area contributed by atoms with Crippen molar-refractivity contribution in [1.29, 1.82) is 0 Å². The lowest BCUT2D eigenvalue weighted by Gasteiger charge is -2.27. The standard InChI is InChI=1S/C40H65N13O15S2/c1-17(2)9-22-38(66)46-19(5)34(62)50-24(11-29(42)56)35(63)44-14-31(58)49-26(33(43)61)15-69-70-16-27(47-20(6)54)36(64)45-13-30(57)48-21(7-8-28(41)55)37(65)51-23(10-18(3)4)39(67)53-25(12-32(59)60)40(68)52-22/h17-19,21-27H,7-16H2,1-6H3,(H2,41,55)(H2,42,56)(H2,43,61)(H,44,63)(H,45,64)(H,46,66)(H,47,54)(H,48,57)(H,49,58)(H,50,62)(H,51,65)(H,52,68)(H,53,67)(H,59,60). The van der Waals surface area contributed by atoms with Crippen molar-refractivity contribution in [2.75, 3.05) is 24.6 Å². The second kappa shape index (κ2) is 30.7. The molecule has 0 aliphatic carbocycles. The highest BCUT2D eigenvalue weighted by Crippen LogP contribution is 2.23. The second-order valence-electron chi connectivity index (χ2n) is 16.9. The number of aliphatic carboxylic acids is 1. The van der Waals surface area contributed by atoms with Crippen LogP contribution in [0, 0.1) is 11.8 Å². The zero-order valence-electron chi connectivity index (χ0n) is 39.6. The van der Waals surface area contributed by atoms with E-state index in [2.05, 4.69) is 53.2 Å². The first-order chi connectivity index (χ1) is 32.6. The van der Waals surface area contributed by atoms with Crippen molar-refractivity contribution in [3.8, 4) is 0 Å². The predicted molar refractivity (Wildman–Crippen MR) is 250 cm³/mol. The molecule has 0 aromatic rings. The molecule has 0 aromatic carbocycles. The van der Waals surface area contributed by atoms with Crippen LogP contribution in [0.5, 0.6) is 0 Å². The van der Waals surface area contributed by atoms with Gasteiger partial charge in [-0.3, -0.25) is 67.1 Å². The van der Waals surface area contributed by atoms with E-state index in [1.165, 1.54) is 6.92 Å². The lowest BCUT2D eigenvalue weighted by Crippen LogP contribution is -2.60. The van der Waals surface area contributed by atoms with Gasteiger partial charge in [0.05, 0.1) is 25.9 Å². The highest BCUT2D eigenvalue weighted by Gasteiger charge is 2.35. The number of nitrogens with two attached hydrogens (primary N) is 3. The molecule has 1 fully saturated rings. The van der Waals surface area contributed by atoms with Crippen molar-refractivity contribution in [3.63, 3.8) is 0 Å². The summed E-state index contributed by atoms with van der Waals surface area (Å²) in [5, 5.41) is 33.0. The van der Waals surface area contributed by atoms with Gasteiger partial charge in [-0.15, -0.1) is 0 Å². The molecule has 0 saturated carbocycles. The van der Waals surface area contributed by atoms with Gasteiger partial charge in [0.2, 0.25) is 76.8 Å². The van der Waals surface area contributed by atoms with E-state index in [0.717, 1.165) is 28.5 Å². The topological polar surface area (TPSA) is 458 Å². The van der Waals surface area contributed by atoms with Crippen LogP contribution in [0.25, 0.3) is 0 Å². The van der Waals surface area contributed by atoms with Crippen LogP contribution in [-0.2, 0) is 67.1 Å². The Hall–Kier alpha value is -6.72. The normalized spacial score (nSPS) is 25.1. The molecule has 8 atom stereocenters. The Morgan fingerprint density at radius 1 is 0.586 bits per heavy atom. The van der Waals surface area contributed by atoms with Crippen molar-refractivity contribution < 1.29 is 72.2 Å².